The number of fused-ring (bicyclic) bond motifs is 1. The van der Waals surface area contributed by atoms with E-state index in [0.717, 1.165) is 28.5 Å². The summed E-state index contributed by atoms with van der Waals surface area (Å²) in [5, 5.41) is 7.46. The highest BCUT2D eigenvalue weighted by atomic mass is 19.1. The molecule has 2 aromatic carbocycles. The van der Waals surface area contributed by atoms with Crippen molar-refractivity contribution in [1.29, 1.82) is 0 Å². The van der Waals surface area contributed by atoms with Gasteiger partial charge in [-0.1, -0.05) is 12.1 Å². The first kappa shape index (κ1) is 17.0. The van der Waals surface area contributed by atoms with Gasteiger partial charge in [-0.3, -0.25) is 4.99 Å². The van der Waals surface area contributed by atoms with Gasteiger partial charge in [-0.25, -0.2) is 8.78 Å². The van der Waals surface area contributed by atoms with Crippen LogP contribution in [0.1, 0.15) is 11.1 Å². The second-order valence-electron chi connectivity index (χ2n) is 5.73. The Morgan fingerprint density at radius 2 is 1.80 bits per heavy atom. The molecular formula is C19H20F2N4. The third kappa shape index (κ3) is 4.35. The molecule has 25 heavy (non-hydrogen) atoms. The van der Waals surface area contributed by atoms with Crippen LogP contribution in [-0.4, -0.2) is 24.5 Å². The number of aromatic amines is 1. The lowest BCUT2D eigenvalue weighted by atomic mass is 10.1. The van der Waals surface area contributed by atoms with Gasteiger partial charge in [0.15, 0.2) is 5.96 Å². The molecule has 0 saturated heterocycles. The number of benzene rings is 2. The van der Waals surface area contributed by atoms with Crippen LogP contribution in [0.4, 0.5) is 8.78 Å². The fraction of sp³-hybridized carbons (Fsp3) is 0.211. The molecule has 0 bridgehead atoms. The monoisotopic (exact) mass is 342 g/mol. The van der Waals surface area contributed by atoms with Crippen molar-refractivity contribution < 1.29 is 8.78 Å². The van der Waals surface area contributed by atoms with Crippen molar-refractivity contribution in [3.63, 3.8) is 0 Å². The van der Waals surface area contributed by atoms with Crippen LogP contribution in [-0.2, 0) is 13.0 Å². The molecule has 4 nitrogen and oxygen atoms in total. The fourth-order valence-corrected chi connectivity index (χ4v) is 2.69. The molecule has 1 aromatic heterocycles. The summed E-state index contributed by atoms with van der Waals surface area (Å²) in [6, 6.07) is 11.1. The number of H-pyrrole nitrogens is 1. The number of halogens is 2. The number of nitrogens with one attached hydrogen (secondary N) is 3. The van der Waals surface area contributed by atoms with Crippen LogP contribution in [0.25, 0.3) is 10.9 Å². The van der Waals surface area contributed by atoms with Crippen molar-refractivity contribution in [3.8, 4) is 0 Å². The Kier molecular flexibility index (Phi) is 5.28. The maximum atomic E-state index is 13.2. The molecule has 0 spiro atoms. The first-order chi connectivity index (χ1) is 12.2. The SMILES string of the molecule is CN=C(NCCc1c[nH]c2cc(F)ccc12)NCc1ccc(F)cc1. The predicted molar refractivity (Wildman–Crippen MR) is 96.6 cm³/mol. The lowest BCUT2D eigenvalue weighted by molar-refractivity contribution is 0.626. The van der Waals surface area contributed by atoms with Gasteiger partial charge in [-0.15, -0.1) is 0 Å². The van der Waals surface area contributed by atoms with Crippen molar-refractivity contribution in [2.24, 2.45) is 4.99 Å². The van der Waals surface area contributed by atoms with Gasteiger partial charge >= 0.3 is 0 Å². The van der Waals surface area contributed by atoms with Crippen molar-refractivity contribution in [2.75, 3.05) is 13.6 Å². The predicted octanol–water partition coefficient (Wildman–Crippen LogP) is 3.35. The minimum absolute atomic E-state index is 0.245. The van der Waals surface area contributed by atoms with E-state index in [0.29, 0.717) is 19.0 Å². The summed E-state index contributed by atoms with van der Waals surface area (Å²) in [6.45, 7) is 1.25. The van der Waals surface area contributed by atoms with E-state index in [1.807, 2.05) is 6.20 Å². The number of hydrogen-bond acceptors (Lipinski definition) is 1. The number of guanidine groups is 1. The van der Waals surface area contributed by atoms with E-state index < -0.39 is 0 Å². The zero-order valence-electron chi connectivity index (χ0n) is 13.9. The Morgan fingerprint density at radius 3 is 2.56 bits per heavy atom. The average Bonchev–Trinajstić information content (AvgIpc) is 3.01. The van der Waals surface area contributed by atoms with Crippen molar-refractivity contribution in [1.82, 2.24) is 15.6 Å². The van der Waals surface area contributed by atoms with E-state index in [2.05, 4.69) is 20.6 Å². The lowest BCUT2D eigenvalue weighted by Crippen LogP contribution is -2.37. The Balaban J connectivity index is 1.51. The Bertz CT molecular complexity index is 869. The van der Waals surface area contributed by atoms with E-state index in [9.17, 15) is 8.78 Å². The van der Waals surface area contributed by atoms with Crippen LogP contribution in [0.2, 0.25) is 0 Å². The zero-order valence-corrected chi connectivity index (χ0v) is 13.9. The molecule has 0 unspecified atom stereocenters. The second-order valence-corrected chi connectivity index (χ2v) is 5.73. The Hall–Kier alpha value is -2.89. The summed E-state index contributed by atoms with van der Waals surface area (Å²) in [6.07, 6.45) is 2.68. The van der Waals surface area contributed by atoms with E-state index >= 15 is 0 Å². The summed E-state index contributed by atoms with van der Waals surface area (Å²) in [5.41, 5.74) is 2.90. The van der Waals surface area contributed by atoms with Crippen LogP contribution in [0.3, 0.4) is 0 Å². The number of hydrogen-bond donors (Lipinski definition) is 3. The number of rotatable bonds is 5. The quantitative estimate of drug-likeness (QED) is 0.492. The highest BCUT2D eigenvalue weighted by molar-refractivity contribution is 5.83. The summed E-state index contributed by atoms with van der Waals surface area (Å²) < 4.78 is 26.1. The van der Waals surface area contributed by atoms with Gasteiger partial charge in [-0.2, -0.15) is 0 Å². The molecule has 0 atom stereocenters. The van der Waals surface area contributed by atoms with Crippen LogP contribution >= 0.6 is 0 Å². The van der Waals surface area contributed by atoms with Gasteiger partial charge in [0, 0.05) is 37.2 Å². The highest BCUT2D eigenvalue weighted by Gasteiger charge is 2.05. The molecule has 0 fully saturated rings. The second kappa shape index (κ2) is 7.79. The molecule has 0 aliphatic heterocycles. The van der Waals surface area contributed by atoms with Crippen molar-refractivity contribution in [3.05, 3.63) is 71.4 Å². The summed E-state index contributed by atoms with van der Waals surface area (Å²) in [4.78, 5) is 7.26. The first-order valence-corrected chi connectivity index (χ1v) is 8.10. The third-order valence-corrected chi connectivity index (χ3v) is 4.01. The molecule has 0 aliphatic carbocycles. The van der Waals surface area contributed by atoms with Gasteiger partial charge in [0.1, 0.15) is 11.6 Å². The Morgan fingerprint density at radius 1 is 1.04 bits per heavy atom. The van der Waals surface area contributed by atoms with Gasteiger partial charge in [0.05, 0.1) is 0 Å². The smallest absolute Gasteiger partial charge is 0.191 e. The molecule has 6 heteroatoms. The maximum absolute atomic E-state index is 13.2. The molecule has 3 rings (SSSR count). The normalized spacial score (nSPS) is 11.7. The molecule has 0 amide bonds. The standard InChI is InChI=1S/C19H20F2N4/c1-22-19(25-11-13-2-4-15(20)5-3-13)23-9-8-14-12-24-18-10-16(21)6-7-17(14)18/h2-7,10,12,24H,8-9,11H2,1H3,(H2,22,23,25). The summed E-state index contributed by atoms with van der Waals surface area (Å²) in [7, 11) is 1.70. The van der Waals surface area contributed by atoms with Gasteiger partial charge in [0.2, 0.25) is 0 Å². The fourth-order valence-electron chi connectivity index (χ4n) is 2.69. The largest absolute Gasteiger partial charge is 0.361 e. The van der Waals surface area contributed by atoms with Crippen LogP contribution < -0.4 is 10.6 Å². The van der Waals surface area contributed by atoms with Crippen molar-refractivity contribution in [2.45, 2.75) is 13.0 Å². The van der Waals surface area contributed by atoms with Crippen LogP contribution in [0.5, 0.6) is 0 Å². The van der Waals surface area contributed by atoms with E-state index in [4.69, 9.17) is 0 Å². The molecular weight excluding hydrogens is 322 g/mol. The summed E-state index contributed by atoms with van der Waals surface area (Å²) >= 11 is 0. The molecule has 3 aromatic rings. The Labute approximate surface area is 145 Å². The highest BCUT2D eigenvalue weighted by Crippen LogP contribution is 2.19. The van der Waals surface area contributed by atoms with Crippen LogP contribution in [0.15, 0.2) is 53.7 Å². The van der Waals surface area contributed by atoms with Crippen molar-refractivity contribution >= 4 is 16.9 Å². The van der Waals surface area contributed by atoms with Gasteiger partial charge < -0.3 is 15.6 Å². The average molecular weight is 342 g/mol. The lowest BCUT2D eigenvalue weighted by Gasteiger charge is -2.11. The molecule has 0 radical (unpaired) electrons. The van der Waals surface area contributed by atoms with E-state index in [1.165, 1.54) is 24.3 Å². The number of aromatic nitrogens is 1. The molecule has 130 valence electrons. The molecule has 3 N–H and O–H groups in total. The summed E-state index contributed by atoms with van der Waals surface area (Å²) in [5.74, 6) is 0.185. The minimum Gasteiger partial charge on any atom is -0.361 e. The maximum Gasteiger partial charge on any atom is 0.191 e. The zero-order chi connectivity index (χ0) is 17.6. The minimum atomic E-state index is -0.246. The van der Waals surface area contributed by atoms with Crippen LogP contribution in [0, 0.1) is 11.6 Å². The van der Waals surface area contributed by atoms with Gasteiger partial charge in [0.25, 0.3) is 0 Å². The molecule has 1 heterocycles. The van der Waals surface area contributed by atoms with E-state index in [1.54, 1.807) is 25.2 Å². The number of nitrogens with zero attached hydrogens (tertiary/aromatic N) is 1. The topological polar surface area (TPSA) is 52.2 Å². The molecule has 0 aliphatic rings. The molecule has 0 saturated carbocycles. The first-order valence-electron chi connectivity index (χ1n) is 8.10. The third-order valence-electron chi connectivity index (χ3n) is 4.01. The number of aliphatic imine (C=N–C) groups is 1. The van der Waals surface area contributed by atoms with Gasteiger partial charge in [-0.05, 0) is 47.9 Å². The van der Waals surface area contributed by atoms with E-state index in [-0.39, 0.29) is 11.6 Å².